The molecule has 61 heavy (non-hydrogen) atoms. The van der Waals surface area contributed by atoms with Gasteiger partial charge in [-0.25, -0.2) is 23.5 Å². The van der Waals surface area contributed by atoms with E-state index in [1.54, 1.807) is 24.3 Å². The number of para-hydroxylation sites is 1. The molecule has 3 aromatic carbocycles. The quantitative estimate of drug-likeness (QED) is 0.218. The molecule has 314 valence electrons. The zero-order chi connectivity index (χ0) is 42.1. The van der Waals surface area contributed by atoms with Crippen molar-refractivity contribution in [1.29, 1.82) is 0 Å². The standard InChI is InChI=1S/C43H42F2N10O6/c44-31-18-29-30(42(59)55(41(29)58)34-10-11-36(56)49-40(34)57)19-35(31)52-20-26(21-52)50-15-12-24(13-16-50)51-17-14-33(32(45)22-51)54-39-37(38(46)47-23-48-39)53(43(54)60)25-6-8-28(9-7-25)61-27-4-2-1-3-5-27/h1-9,18-19,23-24,26,32-34H,10-17,20-22H2,(H2,46,47,48)(H,49,56,57)/t32-,33+,34?/m0/s1. The number of imide groups is 2. The molecule has 0 radical (unpaired) electrons. The lowest BCUT2D eigenvalue weighted by Gasteiger charge is -2.50. The third-order valence-electron chi connectivity index (χ3n) is 12.9. The second-order valence-corrected chi connectivity index (χ2v) is 16.3. The van der Waals surface area contributed by atoms with Gasteiger partial charge in [-0.3, -0.25) is 48.3 Å². The fourth-order valence-electron chi connectivity index (χ4n) is 9.65. The molecular formula is C43H42F2N10O6. The largest absolute Gasteiger partial charge is 0.457 e. The van der Waals surface area contributed by atoms with E-state index in [1.807, 2.05) is 35.2 Å². The van der Waals surface area contributed by atoms with Gasteiger partial charge in [0, 0.05) is 57.8 Å². The predicted molar refractivity (Wildman–Crippen MR) is 218 cm³/mol. The van der Waals surface area contributed by atoms with Crippen molar-refractivity contribution >= 4 is 46.3 Å². The summed E-state index contributed by atoms with van der Waals surface area (Å²) < 4.78 is 40.6. The fraction of sp³-hybridized carbons (Fsp3) is 0.372. The van der Waals surface area contributed by atoms with Crippen molar-refractivity contribution in [3.63, 3.8) is 0 Å². The van der Waals surface area contributed by atoms with Crippen LogP contribution in [0.15, 0.2) is 77.9 Å². The SMILES string of the molecule is Nc1ncnc2c1n(-c1ccc(Oc3ccccc3)cc1)c(=O)n2[C@@H]1CCN(C2CCN(C3CN(c4cc5c(cc4F)C(=O)N(C4CCC(=O)NC4=O)C5=O)C3)CC2)C[C@@H]1F. The number of fused-ring (bicyclic) bond motifs is 2. The first-order valence-electron chi connectivity index (χ1n) is 20.5. The van der Waals surface area contributed by atoms with Crippen molar-refractivity contribution in [1.82, 2.24) is 39.1 Å². The molecule has 0 spiro atoms. The summed E-state index contributed by atoms with van der Waals surface area (Å²) in [6, 6.07) is 17.2. The number of carbonyl (C=O) groups excluding carboxylic acids is 4. The summed E-state index contributed by atoms with van der Waals surface area (Å²) in [6.45, 7) is 3.37. The first-order valence-corrected chi connectivity index (χ1v) is 20.5. The maximum Gasteiger partial charge on any atom is 0.335 e. The summed E-state index contributed by atoms with van der Waals surface area (Å²) in [4.78, 5) is 80.5. The van der Waals surface area contributed by atoms with Crippen LogP contribution < -0.4 is 26.4 Å². The monoisotopic (exact) mass is 832 g/mol. The average molecular weight is 833 g/mol. The molecule has 5 aliphatic rings. The fourth-order valence-corrected chi connectivity index (χ4v) is 9.65. The number of halogens is 2. The second-order valence-electron chi connectivity index (χ2n) is 16.3. The van der Waals surface area contributed by atoms with Gasteiger partial charge in [0.2, 0.25) is 11.8 Å². The van der Waals surface area contributed by atoms with E-state index >= 15 is 8.78 Å². The van der Waals surface area contributed by atoms with Gasteiger partial charge in [-0.05, 0) is 74.2 Å². The normalized spacial score (nSPS) is 23.1. The summed E-state index contributed by atoms with van der Waals surface area (Å²) >= 11 is 0. The van der Waals surface area contributed by atoms with Crippen molar-refractivity contribution in [2.75, 3.05) is 49.9 Å². The Morgan fingerprint density at radius 1 is 0.770 bits per heavy atom. The molecule has 16 nitrogen and oxygen atoms in total. The number of nitrogens with two attached hydrogens (primary N) is 1. The molecule has 0 bridgehead atoms. The Morgan fingerprint density at radius 2 is 1.46 bits per heavy atom. The topological polar surface area (TPSA) is 181 Å². The first kappa shape index (κ1) is 38.7. The van der Waals surface area contributed by atoms with Gasteiger partial charge >= 0.3 is 5.69 Å². The lowest BCUT2D eigenvalue weighted by molar-refractivity contribution is -0.136. The second kappa shape index (κ2) is 15.2. The Labute approximate surface area is 347 Å². The van der Waals surface area contributed by atoms with E-state index in [-0.39, 0.29) is 59.7 Å². The van der Waals surface area contributed by atoms with Gasteiger partial charge in [0.15, 0.2) is 11.5 Å². The third kappa shape index (κ3) is 6.69. The number of alkyl halides is 1. The molecular weight excluding hydrogens is 791 g/mol. The first-order chi connectivity index (χ1) is 29.5. The van der Waals surface area contributed by atoms with Gasteiger partial charge in [-0.15, -0.1) is 0 Å². The summed E-state index contributed by atoms with van der Waals surface area (Å²) in [5.41, 5.74) is 7.16. The molecule has 2 aromatic heterocycles. The maximum atomic E-state index is 16.4. The van der Waals surface area contributed by atoms with Crippen molar-refractivity contribution < 1.29 is 32.7 Å². The van der Waals surface area contributed by atoms with Gasteiger partial charge in [0.05, 0.1) is 28.5 Å². The number of benzene rings is 3. The number of nitrogen functional groups attached to an aromatic ring is 1. The number of rotatable bonds is 8. The van der Waals surface area contributed by atoms with Crippen LogP contribution in [0.1, 0.15) is 58.9 Å². The van der Waals surface area contributed by atoms with E-state index in [1.165, 1.54) is 21.5 Å². The number of nitrogens with zero attached hydrogens (tertiary/aromatic N) is 8. The third-order valence-corrected chi connectivity index (χ3v) is 12.9. The molecule has 10 rings (SSSR count). The van der Waals surface area contributed by atoms with E-state index in [0.717, 1.165) is 36.9 Å². The van der Waals surface area contributed by atoms with Crippen LogP contribution in [0.2, 0.25) is 0 Å². The molecule has 5 aliphatic heterocycles. The van der Waals surface area contributed by atoms with Crippen LogP contribution in [0.3, 0.4) is 0 Å². The highest BCUT2D eigenvalue weighted by atomic mass is 19.1. The number of likely N-dealkylation sites (tertiary alicyclic amines) is 2. The van der Waals surface area contributed by atoms with E-state index in [0.29, 0.717) is 48.8 Å². The minimum absolute atomic E-state index is 0.00328. The number of carbonyl (C=O) groups is 4. The molecule has 4 fully saturated rings. The number of nitrogens with one attached hydrogen (secondary N) is 1. The zero-order valence-corrected chi connectivity index (χ0v) is 33.0. The van der Waals surface area contributed by atoms with Crippen molar-refractivity contribution in [3.05, 3.63) is 100 Å². The van der Waals surface area contributed by atoms with Crippen LogP contribution in [-0.4, -0.2) is 121 Å². The molecule has 0 saturated carbocycles. The van der Waals surface area contributed by atoms with Gasteiger partial charge in [0.25, 0.3) is 11.8 Å². The number of imidazole rings is 1. The van der Waals surface area contributed by atoms with Gasteiger partial charge < -0.3 is 15.4 Å². The van der Waals surface area contributed by atoms with Crippen LogP contribution in [0, 0.1) is 5.82 Å². The minimum Gasteiger partial charge on any atom is -0.457 e. The van der Waals surface area contributed by atoms with E-state index in [2.05, 4.69) is 25.1 Å². The Kier molecular flexibility index (Phi) is 9.62. The number of aromatic nitrogens is 4. The molecule has 4 amide bonds. The Morgan fingerprint density at radius 3 is 2.16 bits per heavy atom. The summed E-state index contributed by atoms with van der Waals surface area (Å²) in [5, 5.41) is 2.17. The molecule has 7 heterocycles. The van der Waals surface area contributed by atoms with Crippen LogP contribution in [0.4, 0.5) is 20.3 Å². The van der Waals surface area contributed by atoms with E-state index in [9.17, 15) is 24.0 Å². The highest BCUT2D eigenvalue weighted by Gasteiger charge is 2.46. The van der Waals surface area contributed by atoms with Crippen LogP contribution in [-0.2, 0) is 9.59 Å². The van der Waals surface area contributed by atoms with E-state index < -0.39 is 53.4 Å². The smallest absolute Gasteiger partial charge is 0.335 e. The molecule has 4 saturated heterocycles. The molecule has 1 unspecified atom stereocenters. The predicted octanol–water partition coefficient (Wildman–Crippen LogP) is 3.44. The summed E-state index contributed by atoms with van der Waals surface area (Å²) in [5.74, 6) is -1.87. The molecule has 18 heteroatoms. The molecule has 5 aromatic rings. The van der Waals surface area contributed by atoms with Gasteiger partial charge in [-0.1, -0.05) is 18.2 Å². The summed E-state index contributed by atoms with van der Waals surface area (Å²) in [7, 11) is 0. The Balaban J connectivity index is 0.765. The summed E-state index contributed by atoms with van der Waals surface area (Å²) in [6.07, 6.45) is 2.00. The number of anilines is 2. The number of hydrogen-bond donors (Lipinski definition) is 2. The number of ether oxygens (including phenoxy) is 1. The van der Waals surface area contributed by atoms with Gasteiger partial charge in [0.1, 0.15) is 41.4 Å². The zero-order valence-electron chi connectivity index (χ0n) is 33.0. The lowest BCUT2D eigenvalue weighted by atomic mass is 9.94. The van der Waals surface area contributed by atoms with E-state index in [4.69, 9.17) is 10.5 Å². The average Bonchev–Trinajstić information content (AvgIpc) is 3.66. The van der Waals surface area contributed by atoms with Crippen LogP contribution >= 0.6 is 0 Å². The maximum absolute atomic E-state index is 16.4. The molecule has 3 atom stereocenters. The molecule has 3 N–H and O–H groups in total. The molecule has 0 aliphatic carbocycles. The van der Waals surface area contributed by atoms with Crippen molar-refractivity contribution in [2.24, 2.45) is 0 Å². The Bertz CT molecular complexity index is 2640. The van der Waals surface area contributed by atoms with Crippen molar-refractivity contribution in [3.8, 4) is 17.2 Å². The minimum atomic E-state index is -1.35. The Hall–Kier alpha value is -6.53. The number of hydrogen-bond acceptors (Lipinski definition) is 12. The highest BCUT2D eigenvalue weighted by Crippen LogP contribution is 2.37. The van der Waals surface area contributed by atoms with Crippen LogP contribution in [0.5, 0.6) is 11.5 Å². The lowest BCUT2D eigenvalue weighted by Crippen LogP contribution is -2.62. The highest BCUT2D eigenvalue weighted by molar-refractivity contribution is 6.23. The van der Waals surface area contributed by atoms with Crippen molar-refractivity contribution in [2.45, 2.75) is 62.4 Å². The van der Waals surface area contributed by atoms with Crippen LogP contribution in [0.25, 0.3) is 16.9 Å². The number of piperidine rings is 3. The number of amides is 4. The van der Waals surface area contributed by atoms with Gasteiger partial charge in [-0.2, -0.15) is 0 Å².